The van der Waals surface area contributed by atoms with Crippen LogP contribution in [0.15, 0.2) is 66.7 Å². The summed E-state index contributed by atoms with van der Waals surface area (Å²) in [6.45, 7) is 0.129. The van der Waals surface area contributed by atoms with Gasteiger partial charge in [0.15, 0.2) is 0 Å². The van der Waals surface area contributed by atoms with Crippen LogP contribution in [0.25, 0.3) is 20.2 Å². The van der Waals surface area contributed by atoms with Crippen LogP contribution in [-0.2, 0) is 0 Å². The minimum absolute atomic E-state index is 0.129. The zero-order valence-electron chi connectivity index (χ0n) is 15.2. The van der Waals surface area contributed by atoms with Gasteiger partial charge < -0.3 is 14.8 Å². The highest BCUT2D eigenvalue weighted by molar-refractivity contribution is 7.26. The summed E-state index contributed by atoms with van der Waals surface area (Å²) in [4.78, 5) is 0. The van der Waals surface area contributed by atoms with Crippen LogP contribution >= 0.6 is 11.3 Å². The van der Waals surface area contributed by atoms with Gasteiger partial charge in [0.05, 0.1) is 0 Å². The van der Waals surface area contributed by atoms with E-state index in [0.29, 0.717) is 0 Å². The first-order chi connectivity index (χ1) is 14.4. The van der Waals surface area contributed by atoms with E-state index in [-0.39, 0.29) is 6.71 Å². The van der Waals surface area contributed by atoms with Crippen molar-refractivity contribution in [2.75, 3.05) is 5.32 Å². The second-order valence-electron chi connectivity index (χ2n) is 7.78. The molecule has 134 valence electrons. The lowest BCUT2D eigenvalue weighted by Crippen LogP contribution is -2.60. The number of benzene rings is 4. The van der Waals surface area contributed by atoms with Crippen LogP contribution in [0.2, 0.25) is 0 Å². The highest BCUT2D eigenvalue weighted by atomic mass is 32.1. The lowest BCUT2D eigenvalue weighted by Gasteiger charge is -2.38. The Labute approximate surface area is 170 Å². The van der Waals surface area contributed by atoms with Crippen molar-refractivity contribution in [3.8, 4) is 23.0 Å². The van der Waals surface area contributed by atoms with Crippen LogP contribution in [-0.4, -0.2) is 6.71 Å². The van der Waals surface area contributed by atoms with E-state index in [4.69, 9.17) is 9.47 Å². The fraction of sp³-hybridized carbons (Fsp3) is 0. The first-order valence-corrected chi connectivity index (χ1v) is 10.6. The number of thiophene rings is 1. The third-order valence-electron chi connectivity index (χ3n) is 6.33. The van der Waals surface area contributed by atoms with Gasteiger partial charge in [-0.15, -0.1) is 11.3 Å². The molecule has 0 spiro atoms. The highest BCUT2D eigenvalue weighted by Gasteiger charge is 2.45. The summed E-state index contributed by atoms with van der Waals surface area (Å²) in [5.41, 5.74) is 5.87. The van der Waals surface area contributed by atoms with Crippen molar-refractivity contribution in [2.45, 2.75) is 0 Å². The van der Waals surface area contributed by atoms with E-state index in [0.717, 1.165) is 34.1 Å². The van der Waals surface area contributed by atoms with E-state index in [1.165, 1.54) is 36.8 Å². The van der Waals surface area contributed by atoms with E-state index in [1.807, 2.05) is 23.5 Å². The van der Waals surface area contributed by atoms with Crippen molar-refractivity contribution < 1.29 is 9.47 Å². The smallest absolute Gasteiger partial charge is 0.266 e. The van der Waals surface area contributed by atoms with Gasteiger partial charge in [0.25, 0.3) is 6.71 Å². The molecule has 3 nitrogen and oxygen atoms in total. The van der Waals surface area contributed by atoms with Crippen LogP contribution in [0.5, 0.6) is 23.0 Å². The van der Waals surface area contributed by atoms with E-state index < -0.39 is 0 Å². The van der Waals surface area contributed by atoms with Gasteiger partial charge in [-0.25, -0.2) is 0 Å². The largest absolute Gasteiger partial charge is 0.458 e. The average molecular weight is 389 g/mol. The molecule has 3 aliphatic rings. The van der Waals surface area contributed by atoms with Crippen molar-refractivity contribution in [3.05, 3.63) is 66.7 Å². The number of fused-ring (bicyclic) bond motifs is 4. The molecule has 0 saturated heterocycles. The molecule has 0 radical (unpaired) electrons. The first-order valence-electron chi connectivity index (χ1n) is 9.73. The summed E-state index contributed by atoms with van der Waals surface area (Å²) >= 11 is 1.82. The number of ether oxygens (including phenoxy) is 2. The van der Waals surface area contributed by atoms with Gasteiger partial charge in [-0.3, -0.25) is 0 Å². The maximum atomic E-state index is 6.44. The predicted octanol–water partition coefficient (Wildman–Crippen LogP) is 4.84. The lowest BCUT2D eigenvalue weighted by atomic mass is 9.33. The quantitative estimate of drug-likeness (QED) is 0.377. The summed E-state index contributed by atoms with van der Waals surface area (Å²) in [5, 5.41) is 6.33. The minimum atomic E-state index is 0.129. The van der Waals surface area contributed by atoms with E-state index in [9.17, 15) is 0 Å². The molecule has 5 heteroatoms. The molecule has 29 heavy (non-hydrogen) atoms. The zero-order chi connectivity index (χ0) is 18.7. The minimum Gasteiger partial charge on any atom is -0.458 e. The molecule has 0 aliphatic carbocycles. The Bertz CT molecular complexity index is 1540. The standard InChI is InChI=1S/C24H12BNO2S/c1-2-10-18-12(5-1)20-19(29-18)11-17-23-24(20)26-13-6-3-7-14-21(13)25(23)22-15(27-14)8-4-9-16(22)28-17/h1-11,26H. The molecule has 3 aliphatic heterocycles. The third-order valence-corrected chi connectivity index (χ3v) is 7.45. The average Bonchev–Trinajstić information content (AvgIpc) is 3.12. The molecule has 0 unspecified atom stereocenters. The molecular weight excluding hydrogens is 377 g/mol. The number of hydrogen-bond acceptors (Lipinski definition) is 4. The maximum absolute atomic E-state index is 6.44. The molecule has 0 fully saturated rings. The number of nitrogens with one attached hydrogen (secondary N) is 1. The molecule has 1 aromatic heterocycles. The van der Waals surface area contributed by atoms with Crippen LogP contribution in [0, 0.1) is 0 Å². The molecule has 0 bridgehead atoms. The van der Waals surface area contributed by atoms with Crippen molar-refractivity contribution in [2.24, 2.45) is 0 Å². The van der Waals surface area contributed by atoms with Gasteiger partial charge in [-0.2, -0.15) is 0 Å². The Hall–Kier alpha value is -3.44. The van der Waals surface area contributed by atoms with E-state index in [1.54, 1.807) is 0 Å². The van der Waals surface area contributed by atoms with Crippen molar-refractivity contribution in [1.82, 2.24) is 0 Å². The van der Waals surface area contributed by atoms with Crippen molar-refractivity contribution in [3.63, 3.8) is 0 Å². The van der Waals surface area contributed by atoms with Crippen LogP contribution in [0.3, 0.4) is 0 Å². The second kappa shape index (κ2) is 4.75. The summed E-state index contributed by atoms with van der Waals surface area (Å²) in [7, 11) is 0. The second-order valence-corrected chi connectivity index (χ2v) is 8.87. The molecule has 4 aromatic carbocycles. The monoisotopic (exact) mass is 389 g/mol. The Balaban J connectivity index is 1.59. The van der Waals surface area contributed by atoms with Gasteiger partial charge in [0.1, 0.15) is 23.0 Å². The SMILES string of the molecule is c1cc2c3c(c1)Oc1cccc4c1B3c1c(cc3sc5ccccc5c3c1N2)O4. The number of anilines is 2. The molecule has 1 N–H and O–H groups in total. The van der Waals surface area contributed by atoms with E-state index in [2.05, 4.69) is 59.9 Å². The van der Waals surface area contributed by atoms with E-state index >= 15 is 0 Å². The molecule has 8 rings (SSSR count). The van der Waals surface area contributed by atoms with Crippen LogP contribution < -0.4 is 31.2 Å². The summed E-state index contributed by atoms with van der Waals surface area (Å²) in [5.74, 6) is 3.67. The fourth-order valence-corrected chi connectivity index (χ4v) is 6.35. The van der Waals surface area contributed by atoms with Gasteiger partial charge in [0.2, 0.25) is 0 Å². The number of hydrogen-bond donors (Lipinski definition) is 1. The summed E-state index contributed by atoms with van der Waals surface area (Å²) in [6, 6.07) is 23.2. The van der Waals surface area contributed by atoms with Crippen molar-refractivity contribution >= 4 is 66.0 Å². The van der Waals surface area contributed by atoms with Gasteiger partial charge in [-0.1, -0.05) is 30.3 Å². The number of rotatable bonds is 0. The fourth-order valence-electron chi connectivity index (χ4n) is 5.21. The Kier molecular flexibility index (Phi) is 2.38. The van der Waals surface area contributed by atoms with Crippen LogP contribution in [0.1, 0.15) is 0 Å². The van der Waals surface area contributed by atoms with Crippen molar-refractivity contribution in [1.29, 1.82) is 0 Å². The first kappa shape index (κ1) is 14.5. The molecule has 0 saturated carbocycles. The Morgan fingerprint density at radius 3 is 2.34 bits per heavy atom. The molecule has 5 aromatic rings. The van der Waals surface area contributed by atoms with Gasteiger partial charge in [-0.05, 0) is 47.3 Å². The highest BCUT2D eigenvalue weighted by Crippen LogP contribution is 2.46. The third kappa shape index (κ3) is 1.63. The van der Waals surface area contributed by atoms with Crippen LogP contribution in [0.4, 0.5) is 11.4 Å². The zero-order valence-corrected chi connectivity index (χ0v) is 16.0. The topological polar surface area (TPSA) is 30.5 Å². The Morgan fingerprint density at radius 2 is 1.45 bits per heavy atom. The summed E-state index contributed by atoms with van der Waals surface area (Å²) < 4.78 is 15.3. The molecule has 0 atom stereocenters. The normalized spacial score (nSPS) is 14.3. The predicted molar refractivity (Wildman–Crippen MR) is 120 cm³/mol. The summed E-state index contributed by atoms with van der Waals surface area (Å²) in [6.07, 6.45) is 0. The lowest BCUT2D eigenvalue weighted by molar-refractivity contribution is 0.465. The maximum Gasteiger partial charge on any atom is 0.266 e. The van der Waals surface area contributed by atoms with Gasteiger partial charge in [0, 0.05) is 37.0 Å². The van der Waals surface area contributed by atoms with Gasteiger partial charge >= 0.3 is 0 Å². The molecule has 0 amide bonds. The Morgan fingerprint density at radius 1 is 0.690 bits per heavy atom. The molecular formula is C24H12BNO2S. The molecule has 4 heterocycles.